The minimum Gasteiger partial charge on any atom is -0.0988 e. The third-order valence-corrected chi connectivity index (χ3v) is 1.82. The van der Waals surface area contributed by atoms with Gasteiger partial charge < -0.3 is 0 Å². The number of hydrogen-bond donors (Lipinski definition) is 0. The number of allylic oxidation sites excluding steroid dienone is 9. The van der Waals surface area contributed by atoms with Gasteiger partial charge in [-0.1, -0.05) is 59.8 Å². The molecule has 0 fully saturated rings. The van der Waals surface area contributed by atoms with Gasteiger partial charge in [-0.3, -0.25) is 0 Å². The summed E-state index contributed by atoms with van der Waals surface area (Å²) in [6, 6.07) is 0. The summed E-state index contributed by atoms with van der Waals surface area (Å²) in [5.74, 6) is 0. The molecular weight excluding hydrogens is 168 g/mol. The largest absolute Gasteiger partial charge is 0.0988 e. The summed E-state index contributed by atoms with van der Waals surface area (Å²) in [6.07, 6.45) is 12.3. The molecule has 0 amide bonds. The van der Waals surface area contributed by atoms with E-state index < -0.39 is 0 Å². The van der Waals surface area contributed by atoms with Crippen molar-refractivity contribution in [3.63, 3.8) is 0 Å². The molecule has 0 saturated carbocycles. The maximum atomic E-state index is 3.70. The normalized spacial score (nSPS) is 15.0. The molecule has 0 unspecified atom stereocenters. The van der Waals surface area contributed by atoms with Crippen molar-refractivity contribution in [1.29, 1.82) is 0 Å². The van der Waals surface area contributed by atoms with Gasteiger partial charge in [-0.2, -0.15) is 0 Å². The van der Waals surface area contributed by atoms with Gasteiger partial charge in [0.1, 0.15) is 0 Å². The Labute approximate surface area is 88.0 Å². The van der Waals surface area contributed by atoms with E-state index in [2.05, 4.69) is 44.7 Å². The Bertz CT molecular complexity index is 296. The number of hydrogen-bond acceptors (Lipinski definition) is 0. The van der Waals surface area contributed by atoms with Gasteiger partial charge >= 0.3 is 0 Å². The molecule has 0 aromatic heterocycles. The Hall–Kier alpha value is -1.30. The van der Waals surface area contributed by atoms with E-state index in [1.165, 1.54) is 16.7 Å². The third-order valence-electron chi connectivity index (χ3n) is 1.82. The van der Waals surface area contributed by atoms with Crippen molar-refractivity contribution in [3.8, 4) is 0 Å². The molecule has 0 heterocycles. The Morgan fingerprint density at radius 2 is 1.50 bits per heavy atom. The molecule has 76 valence electrons. The first-order valence-electron chi connectivity index (χ1n) is 4.88. The fraction of sp³-hybridized carbons (Fsp3) is 0.286. The van der Waals surface area contributed by atoms with E-state index in [9.17, 15) is 0 Å². The first kappa shape index (κ1) is 12.7. The van der Waals surface area contributed by atoms with Crippen molar-refractivity contribution in [2.75, 3.05) is 0 Å². The van der Waals surface area contributed by atoms with Crippen LogP contribution in [0.5, 0.6) is 0 Å². The highest BCUT2D eigenvalue weighted by Crippen LogP contribution is 2.04. The predicted molar refractivity (Wildman–Crippen MR) is 66.3 cm³/mol. The smallest absolute Gasteiger partial charge is 0.0398 e. The Kier molecular flexibility index (Phi) is 6.47. The van der Waals surface area contributed by atoms with Crippen LogP contribution in [0.1, 0.15) is 27.7 Å². The summed E-state index contributed by atoms with van der Waals surface area (Å²) < 4.78 is 0. The minimum absolute atomic E-state index is 1.18. The van der Waals surface area contributed by atoms with E-state index in [0.29, 0.717) is 0 Å². The fourth-order valence-electron chi connectivity index (χ4n) is 1.05. The molecule has 0 nitrogen and oxygen atoms in total. The Balaban J connectivity index is 4.55. The summed E-state index contributed by atoms with van der Waals surface area (Å²) in [5, 5.41) is 0. The molecule has 0 atom stereocenters. The fourth-order valence-corrected chi connectivity index (χ4v) is 1.05. The molecule has 0 aliphatic heterocycles. The van der Waals surface area contributed by atoms with E-state index in [0.717, 1.165) is 0 Å². The molecule has 0 heteroatoms. The van der Waals surface area contributed by atoms with Crippen LogP contribution in [-0.2, 0) is 0 Å². The van der Waals surface area contributed by atoms with Crippen LogP contribution in [-0.4, -0.2) is 0 Å². The zero-order valence-electron chi connectivity index (χ0n) is 9.67. The topological polar surface area (TPSA) is 0 Å². The van der Waals surface area contributed by atoms with Crippen molar-refractivity contribution < 1.29 is 0 Å². The Morgan fingerprint density at radius 3 is 2.00 bits per heavy atom. The molecule has 0 aromatic rings. The van der Waals surface area contributed by atoms with E-state index in [-0.39, 0.29) is 0 Å². The highest BCUT2D eigenvalue weighted by Gasteiger charge is 1.83. The van der Waals surface area contributed by atoms with Crippen LogP contribution in [0.15, 0.2) is 59.8 Å². The third kappa shape index (κ3) is 6.24. The summed E-state index contributed by atoms with van der Waals surface area (Å²) in [7, 11) is 0. The maximum Gasteiger partial charge on any atom is -0.0398 e. The first-order chi connectivity index (χ1) is 6.60. The quantitative estimate of drug-likeness (QED) is 0.566. The zero-order valence-corrected chi connectivity index (χ0v) is 9.67. The minimum atomic E-state index is 1.18. The van der Waals surface area contributed by atoms with Crippen LogP contribution in [0.3, 0.4) is 0 Å². The van der Waals surface area contributed by atoms with Gasteiger partial charge in [0.05, 0.1) is 0 Å². The van der Waals surface area contributed by atoms with Crippen molar-refractivity contribution >= 4 is 0 Å². The number of rotatable bonds is 4. The lowest BCUT2D eigenvalue weighted by Gasteiger charge is -1.93. The van der Waals surface area contributed by atoms with Gasteiger partial charge in [0.15, 0.2) is 0 Å². The molecule has 0 bridgehead atoms. The summed E-state index contributed by atoms with van der Waals surface area (Å²) >= 11 is 0. The SMILES string of the molecule is C=C/C(C)=C/C=C(C)\C=C(C)\C=C/C. The second kappa shape index (κ2) is 7.14. The van der Waals surface area contributed by atoms with E-state index in [1.807, 2.05) is 26.0 Å². The lowest BCUT2D eigenvalue weighted by molar-refractivity contribution is 1.42. The summed E-state index contributed by atoms with van der Waals surface area (Å²) in [6.45, 7) is 12.0. The molecule has 0 N–H and O–H groups in total. The lowest BCUT2D eigenvalue weighted by Crippen LogP contribution is -1.73. The molecule has 0 radical (unpaired) electrons. The van der Waals surface area contributed by atoms with Crippen molar-refractivity contribution in [1.82, 2.24) is 0 Å². The molecule has 0 aromatic carbocycles. The predicted octanol–water partition coefficient (Wildman–Crippen LogP) is 4.59. The maximum absolute atomic E-state index is 3.70. The zero-order chi connectivity index (χ0) is 11.0. The standard InChI is InChI=1S/C14H20/c1-6-8-13(4)11-14(5)10-9-12(3)7-2/h6-11H,2H2,1,3-5H3/b8-6-,12-9+,13-11+,14-10-. The van der Waals surface area contributed by atoms with E-state index in [1.54, 1.807) is 0 Å². The monoisotopic (exact) mass is 188 g/mol. The second-order valence-corrected chi connectivity index (χ2v) is 3.41. The lowest BCUT2D eigenvalue weighted by atomic mass is 10.1. The van der Waals surface area contributed by atoms with Gasteiger partial charge in [-0.05, 0) is 27.7 Å². The van der Waals surface area contributed by atoms with Gasteiger partial charge in [-0.25, -0.2) is 0 Å². The first-order valence-corrected chi connectivity index (χ1v) is 4.88. The average molecular weight is 188 g/mol. The molecule has 0 spiro atoms. The van der Waals surface area contributed by atoms with Gasteiger partial charge in [-0.15, -0.1) is 0 Å². The Morgan fingerprint density at radius 1 is 0.929 bits per heavy atom. The molecule has 14 heavy (non-hydrogen) atoms. The summed E-state index contributed by atoms with van der Waals surface area (Å²) in [5.41, 5.74) is 3.70. The van der Waals surface area contributed by atoms with Crippen LogP contribution in [0.25, 0.3) is 0 Å². The highest BCUT2D eigenvalue weighted by atomic mass is 13.9. The van der Waals surface area contributed by atoms with Crippen LogP contribution in [0.2, 0.25) is 0 Å². The molecular formula is C14H20. The molecule has 0 aliphatic rings. The van der Waals surface area contributed by atoms with Crippen LogP contribution >= 0.6 is 0 Å². The van der Waals surface area contributed by atoms with Crippen LogP contribution < -0.4 is 0 Å². The van der Waals surface area contributed by atoms with Crippen LogP contribution in [0, 0.1) is 0 Å². The van der Waals surface area contributed by atoms with Gasteiger partial charge in [0.25, 0.3) is 0 Å². The molecule has 0 aliphatic carbocycles. The highest BCUT2D eigenvalue weighted by molar-refractivity contribution is 5.31. The van der Waals surface area contributed by atoms with Gasteiger partial charge in [0.2, 0.25) is 0 Å². The van der Waals surface area contributed by atoms with Gasteiger partial charge in [0, 0.05) is 0 Å². The van der Waals surface area contributed by atoms with E-state index >= 15 is 0 Å². The van der Waals surface area contributed by atoms with Crippen LogP contribution in [0.4, 0.5) is 0 Å². The van der Waals surface area contributed by atoms with Crippen molar-refractivity contribution in [2.24, 2.45) is 0 Å². The molecule has 0 saturated heterocycles. The van der Waals surface area contributed by atoms with Crippen molar-refractivity contribution in [3.05, 3.63) is 59.8 Å². The summed E-state index contributed by atoms with van der Waals surface area (Å²) in [4.78, 5) is 0. The molecule has 0 rings (SSSR count). The average Bonchev–Trinajstić information content (AvgIpc) is 2.14. The van der Waals surface area contributed by atoms with Crippen molar-refractivity contribution in [2.45, 2.75) is 27.7 Å². The second-order valence-electron chi connectivity index (χ2n) is 3.41. The van der Waals surface area contributed by atoms with E-state index in [4.69, 9.17) is 0 Å².